The number of nitrogens with one attached hydrogen (secondary N) is 1. The zero-order chi connectivity index (χ0) is 13.7. The summed E-state index contributed by atoms with van der Waals surface area (Å²) in [6, 6.07) is 2.09. The molecule has 1 atom stereocenters. The molecule has 1 aromatic heterocycles. The van der Waals surface area contributed by atoms with E-state index in [1.54, 1.807) is 6.26 Å². The van der Waals surface area contributed by atoms with Gasteiger partial charge >= 0.3 is 0 Å². The van der Waals surface area contributed by atoms with Gasteiger partial charge in [0.15, 0.2) is 0 Å². The zero-order valence-electron chi connectivity index (χ0n) is 12.7. The van der Waals surface area contributed by atoms with Gasteiger partial charge in [0.25, 0.3) is 0 Å². The van der Waals surface area contributed by atoms with Gasteiger partial charge < -0.3 is 14.6 Å². The summed E-state index contributed by atoms with van der Waals surface area (Å²) >= 11 is 0. The van der Waals surface area contributed by atoms with Crippen LogP contribution < -0.4 is 5.32 Å². The Morgan fingerprint density at radius 1 is 1.47 bits per heavy atom. The minimum atomic E-state index is 0.472. The summed E-state index contributed by atoms with van der Waals surface area (Å²) in [5, 5.41) is 3.59. The number of hydrogen-bond acceptors (Lipinski definition) is 3. The van der Waals surface area contributed by atoms with Gasteiger partial charge in [-0.2, -0.15) is 0 Å². The molecule has 1 aromatic rings. The first kappa shape index (κ1) is 14.6. The minimum Gasteiger partial charge on any atom is -0.469 e. The summed E-state index contributed by atoms with van der Waals surface area (Å²) < 4.78 is 5.39. The molecule has 0 bridgehead atoms. The van der Waals surface area contributed by atoms with Gasteiger partial charge in [0, 0.05) is 25.2 Å². The number of piperidine rings is 1. The Balaban J connectivity index is 1.94. The Kier molecular flexibility index (Phi) is 5.06. The predicted octanol–water partition coefficient (Wildman–Crippen LogP) is 3.19. The van der Waals surface area contributed by atoms with E-state index in [4.69, 9.17) is 4.42 Å². The molecule has 0 amide bonds. The van der Waals surface area contributed by atoms with Crippen molar-refractivity contribution < 1.29 is 4.42 Å². The molecule has 1 N–H and O–H groups in total. The standard InChI is InChI=1S/C16H28N2O/c1-4-7-16(8-5-9-17-12-16)13-18(3)11-15-6-10-19-14(15)2/h6,10,17H,4-5,7-9,11-13H2,1-3H3. The van der Waals surface area contributed by atoms with Crippen LogP contribution in [0.3, 0.4) is 0 Å². The molecular formula is C16H28N2O. The second-order valence-electron chi connectivity index (χ2n) is 6.20. The maximum absolute atomic E-state index is 5.39. The molecule has 0 radical (unpaired) electrons. The van der Waals surface area contributed by atoms with Crippen molar-refractivity contribution in [3.8, 4) is 0 Å². The second-order valence-corrected chi connectivity index (χ2v) is 6.20. The molecule has 3 heteroatoms. The second kappa shape index (κ2) is 6.58. The molecule has 3 nitrogen and oxygen atoms in total. The molecule has 108 valence electrons. The Morgan fingerprint density at radius 3 is 2.89 bits per heavy atom. The molecule has 0 spiro atoms. The molecule has 1 aliphatic rings. The van der Waals surface area contributed by atoms with Crippen molar-refractivity contribution in [3.05, 3.63) is 23.7 Å². The number of rotatable bonds is 6. The fraction of sp³-hybridized carbons (Fsp3) is 0.750. The zero-order valence-corrected chi connectivity index (χ0v) is 12.7. The molecule has 0 aromatic carbocycles. The average molecular weight is 264 g/mol. The normalized spacial score (nSPS) is 24.0. The third-order valence-corrected chi connectivity index (χ3v) is 4.35. The highest BCUT2D eigenvalue weighted by Gasteiger charge is 2.32. The van der Waals surface area contributed by atoms with Gasteiger partial charge in [-0.05, 0) is 51.3 Å². The molecule has 0 aliphatic carbocycles. The van der Waals surface area contributed by atoms with Crippen LogP contribution in [-0.2, 0) is 6.54 Å². The van der Waals surface area contributed by atoms with Crippen molar-refractivity contribution in [1.82, 2.24) is 10.2 Å². The van der Waals surface area contributed by atoms with Crippen LogP contribution in [-0.4, -0.2) is 31.6 Å². The van der Waals surface area contributed by atoms with Gasteiger partial charge in [-0.3, -0.25) is 0 Å². The number of aryl methyl sites for hydroxylation is 1. The van der Waals surface area contributed by atoms with E-state index in [-0.39, 0.29) is 0 Å². The monoisotopic (exact) mass is 264 g/mol. The van der Waals surface area contributed by atoms with Crippen molar-refractivity contribution in [3.63, 3.8) is 0 Å². The van der Waals surface area contributed by atoms with Crippen LogP contribution in [0.25, 0.3) is 0 Å². The largest absolute Gasteiger partial charge is 0.469 e. The highest BCUT2D eigenvalue weighted by Crippen LogP contribution is 2.32. The topological polar surface area (TPSA) is 28.4 Å². The van der Waals surface area contributed by atoms with Crippen LogP contribution in [0.1, 0.15) is 43.9 Å². The number of nitrogens with zero attached hydrogens (tertiary/aromatic N) is 1. The van der Waals surface area contributed by atoms with Crippen LogP contribution >= 0.6 is 0 Å². The van der Waals surface area contributed by atoms with E-state index < -0.39 is 0 Å². The fourth-order valence-corrected chi connectivity index (χ4v) is 3.48. The van der Waals surface area contributed by atoms with Crippen molar-refractivity contribution in [2.75, 3.05) is 26.7 Å². The summed E-state index contributed by atoms with van der Waals surface area (Å²) in [6.07, 6.45) is 7.08. The van der Waals surface area contributed by atoms with E-state index in [2.05, 4.69) is 30.3 Å². The summed E-state index contributed by atoms with van der Waals surface area (Å²) in [4.78, 5) is 2.46. The van der Waals surface area contributed by atoms with Gasteiger partial charge in [-0.25, -0.2) is 0 Å². The first-order valence-corrected chi connectivity index (χ1v) is 7.57. The highest BCUT2D eigenvalue weighted by molar-refractivity contribution is 5.15. The van der Waals surface area contributed by atoms with E-state index >= 15 is 0 Å². The summed E-state index contributed by atoms with van der Waals surface area (Å²) in [5.41, 5.74) is 1.79. The molecule has 2 heterocycles. The lowest BCUT2D eigenvalue weighted by atomic mass is 9.76. The summed E-state index contributed by atoms with van der Waals surface area (Å²) in [7, 11) is 2.23. The fourth-order valence-electron chi connectivity index (χ4n) is 3.48. The quantitative estimate of drug-likeness (QED) is 0.855. The van der Waals surface area contributed by atoms with E-state index in [0.717, 1.165) is 12.3 Å². The summed E-state index contributed by atoms with van der Waals surface area (Å²) in [6.45, 7) is 8.89. The predicted molar refractivity (Wildman–Crippen MR) is 79.2 cm³/mol. The van der Waals surface area contributed by atoms with Crippen LogP contribution in [0, 0.1) is 12.3 Å². The van der Waals surface area contributed by atoms with Crippen LogP contribution in [0.5, 0.6) is 0 Å². The highest BCUT2D eigenvalue weighted by atomic mass is 16.3. The van der Waals surface area contributed by atoms with E-state index in [9.17, 15) is 0 Å². The maximum atomic E-state index is 5.39. The number of hydrogen-bond donors (Lipinski definition) is 1. The molecule has 1 aliphatic heterocycles. The summed E-state index contributed by atoms with van der Waals surface area (Å²) in [5.74, 6) is 1.05. The van der Waals surface area contributed by atoms with Crippen molar-refractivity contribution in [2.45, 2.75) is 46.1 Å². The number of furan rings is 1. The first-order valence-electron chi connectivity index (χ1n) is 7.57. The molecular weight excluding hydrogens is 236 g/mol. The van der Waals surface area contributed by atoms with Gasteiger partial charge in [0.2, 0.25) is 0 Å². The van der Waals surface area contributed by atoms with Gasteiger partial charge in [-0.15, -0.1) is 0 Å². The Labute approximate surface area is 117 Å². The molecule has 1 fully saturated rings. The van der Waals surface area contributed by atoms with Crippen LogP contribution in [0.15, 0.2) is 16.7 Å². The van der Waals surface area contributed by atoms with Gasteiger partial charge in [0.05, 0.1) is 6.26 Å². The third-order valence-electron chi connectivity index (χ3n) is 4.35. The van der Waals surface area contributed by atoms with Crippen LogP contribution in [0.2, 0.25) is 0 Å². The van der Waals surface area contributed by atoms with Gasteiger partial charge in [0.1, 0.15) is 5.76 Å². The Bertz CT molecular complexity index is 374. The van der Waals surface area contributed by atoms with Crippen molar-refractivity contribution in [2.24, 2.45) is 5.41 Å². The SMILES string of the molecule is CCCC1(CN(C)Cc2ccoc2C)CCCNC1. The maximum Gasteiger partial charge on any atom is 0.105 e. The third kappa shape index (κ3) is 3.83. The van der Waals surface area contributed by atoms with Crippen molar-refractivity contribution >= 4 is 0 Å². The smallest absolute Gasteiger partial charge is 0.105 e. The minimum absolute atomic E-state index is 0.472. The van der Waals surface area contributed by atoms with E-state index in [1.807, 2.05) is 6.92 Å². The molecule has 19 heavy (non-hydrogen) atoms. The lowest BCUT2D eigenvalue weighted by molar-refractivity contribution is 0.118. The first-order chi connectivity index (χ1) is 9.15. The van der Waals surface area contributed by atoms with E-state index in [0.29, 0.717) is 5.41 Å². The Morgan fingerprint density at radius 2 is 2.32 bits per heavy atom. The lowest BCUT2D eigenvalue weighted by Gasteiger charge is -2.40. The Hall–Kier alpha value is -0.800. The van der Waals surface area contributed by atoms with Gasteiger partial charge in [-0.1, -0.05) is 13.3 Å². The molecule has 1 unspecified atom stereocenters. The molecule has 0 saturated carbocycles. The molecule has 2 rings (SSSR count). The average Bonchev–Trinajstić information content (AvgIpc) is 2.76. The van der Waals surface area contributed by atoms with Crippen molar-refractivity contribution in [1.29, 1.82) is 0 Å². The molecule has 1 saturated heterocycles. The van der Waals surface area contributed by atoms with E-state index in [1.165, 1.54) is 50.9 Å². The lowest BCUT2D eigenvalue weighted by Crippen LogP contribution is -2.46. The van der Waals surface area contributed by atoms with Crippen LogP contribution in [0.4, 0.5) is 0 Å².